The zero-order chi connectivity index (χ0) is 21.5. The molecule has 0 aliphatic carbocycles. The van der Waals surface area contributed by atoms with E-state index < -0.39 is 5.92 Å². The summed E-state index contributed by atoms with van der Waals surface area (Å²) >= 11 is 7.90. The zero-order valence-corrected chi connectivity index (χ0v) is 17.9. The van der Waals surface area contributed by atoms with Crippen LogP contribution in [-0.2, 0) is 21.1 Å². The van der Waals surface area contributed by atoms with E-state index in [9.17, 15) is 14.0 Å². The lowest BCUT2D eigenvalue weighted by molar-refractivity contribution is -0.122. The molecule has 1 aromatic heterocycles. The lowest BCUT2D eigenvalue weighted by Gasteiger charge is -2.17. The van der Waals surface area contributed by atoms with E-state index in [1.54, 1.807) is 40.7 Å². The first kappa shape index (κ1) is 20.1. The van der Waals surface area contributed by atoms with E-state index in [1.165, 1.54) is 17.0 Å². The Balaban J connectivity index is 1.40. The van der Waals surface area contributed by atoms with Crippen LogP contribution in [0.1, 0.15) is 17.7 Å². The van der Waals surface area contributed by atoms with Crippen molar-refractivity contribution in [3.63, 3.8) is 0 Å². The van der Waals surface area contributed by atoms with Crippen LogP contribution in [0.4, 0.5) is 15.9 Å². The molecule has 3 aromatic rings. The number of benzene rings is 2. The predicted octanol–water partition coefficient (Wildman–Crippen LogP) is 4.40. The molecule has 1 atom stereocenters. The maximum Gasteiger partial charge on any atom is 0.230 e. The highest BCUT2D eigenvalue weighted by molar-refractivity contribution is 7.98. The van der Waals surface area contributed by atoms with Crippen LogP contribution in [-0.4, -0.2) is 28.1 Å². The van der Waals surface area contributed by atoms with Crippen molar-refractivity contribution < 1.29 is 14.0 Å². The molecule has 5 rings (SSSR count). The summed E-state index contributed by atoms with van der Waals surface area (Å²) in [7, 11) is 0. The smallest absolute Gasteiger partial charge is 0.230 e. The number of fused-ring (bicyclic) bond motifs is 1. The van der Waals surface area contributed by atoms with Crippen LogP contribution >= 0.6 is 23.4 Å². The van der Waals surface area contributed by atoms with Crippen LogP contribution in [0.5, 0.6) is 0 Å². The highest BCUT2D eigenvalue weighted by Gasteiger charge is 2.36. The molecule has 1 unspecified atom stereocenters. The second-order valence-electron chi connectivity index (χ2n) is 7.53. The van der Waals surface area contributed by atoms with Gasteiger partial charge in [-0.05, 0) is 42.5 Å². The van der Waals surface area contributed by atoms with Gasteiger partial charge < -0.3 is 10.2 Å². The van der Waals surface area contributed by atoms with Crippen LogP contribution in [0.3, 0.4) is 0 Å². The molecule has 0 spiro atoms. The number of hydrogen-bond acceptors (Lipinski definition) is 4. The average molecular weight is 457 g/mol. The predicted molar refractivity (Wildman–Crippen MR) is 119 cm³/mol. The number of anilines is 2. The summed E-state index contributed by atoms with van der Waals surface area (Å²) in [6.45, 7) is 0.249. The maximum atomic E-state index is 13.2. The summed E-state index contributed by atoms with van der Waals surface area (Å²) in [5, 5.41) is 8.28. The molecule has 0 bridgehead atoms. The Morgan fingerprint density at radius 1 is 1.16 bits per heavy atom. The van der Waals surface area contributed by atoms with Crippen molar-refractivity contribution in [1.82, 2.24) is 9.78 Å². The first-order valence-corrected chi connectivity index (χ1v) is 11.3. The number of aromatic nitrogens is 2. The third-order valence-electron chi connectivity index (χ3n) is 5.48. The molecule has 158 valence electrons. The summed E-state index contributed by atoms with van der Waals surface area (Å²) in [5.41, 5.74) is 3.29. The van der Waals surface area contributed by atoms with Gasteiger partial charge in [0.1, 0.15) is 11.6 Å². The summed E-state index contributed by atoms with van der Waals surface area (Å²) in [6, 6.07) is 13.0. The number of carbonyl (C=O) groups excluding carboxylic acids is 2. The van der Waals surface area contributed by atoms with Crippen molar-refractivity contribution in [2.45, 2.75) is 17.9 Å². The first-order valence-electron chi connectivity index (χ1n) is 9.81. The fourth-order valence-corrected chi connectivity index (χ4v) is 5.13. The SMILES string of the molecule is O=C(Nc1c2c(nn1-c1cccc(Cl)c1)CSC2)C1CC(=O)N(c2ccc(F)cc2)C1. The van der Waals surface area contributed by atoms with Crippen molar-refractivity contribution in [2.24, 2.45) is 5.92 Å². The second kappa shape index (κ2) is 8.01. The minimum atomic E-state index is -0.509. The first-order chi connectivity index (χ1) is 15.0. The molecule has 9 heteroatoms. The number of carbonyl (C=O) groups is 2. The van der Waals surface area contributed by atoms with E-state index in [0.717, 1.165) is 28.5 Å². The van der Waals surface area contributed by atoms with E-state index in [2.05, 4.69) is 10.4 Å². The molecule has 6 nitrogen and oxygen atoms in total. The van der Waals surface area contributed by atoms with Crippen LogP contribution < -0.4 is 10.2 Å². The van der Waals surface area contributed by atoms with Gasteiger partial charge in [0.15, 0.2) is 0 Å². The molecule has 3 heterocycles. The standard InChI is InChI=1S/C22H18ClFN4O2S/c23-14-2-1-3-17(9-14)28-21(18-11-31-12-19(18)26-28)25-22(30)13-8-20(29)27(10-13)16-6-4-15(24)5-7-16/h1-7,9,13H,8,10-12H2,(H,25,30). The molecule has 1 N–H and O–H groups in total. The molecule has 31 heavy (non-hydrogen) atoms. The number of rotatable bonds is 4. The summed E-state index contributed by atoms with van der Waals surface area (Å²) in [6.07, 6.45) is 0.103. The van der Waals surface area contributed by atoms with Crippen molar-refractivity contribution in [2.75, 3.05) is 16.8 Å². The maximum absolute atomic E-state index is 13.2. The highest BCUT2D eigenvalue weighted by atomic mass is 35.5. The summed E-state index contributed by atoms with van der Waals surface area (Å²) < 4.78 is 14.9. The van der Waals surface area contributed by atoms with Crippen molar-refractivity contribution in [3.8, 4) is 5.69 Å². The molecule has 2 amide bonds. The fraction of sp³-hybridized carbons (Fsp3) is 0.227. The van der Waals surface area contributed by atoms with E-state index in [4.69, 9.17) is 11.6 Å². The van der Waals surface area contributed by atoms with Crippen molar-refractivity contribution in [1.29, 1.82) is 0 Å². The second-order valence-corrected chi connectivity index (χ2v) is 8.95. The van der Waals surface area contributed by atoms with Crippen LogP contribution in [0.15, 0.2) is 48.5 Å². The monoisotopic (exact) mass is 456 g/mol. The van der Waals surface area contributed by atoms with Gasteiger partial charge in [0, 0.05) is 40.7 Å². The van der Waals surface area contributed by atoms with E-state index in [1.807, 2.05) is 12.1 Å². The van der Waals surface area contributed by atoms with Gasteiger partial charge in [-0.3, -0.25) is 9.59 Å². The van der Waals surface area contributed by atoms with Crippen LogP contribution in [0.2, 0.25) is 5.02 Å². The van der Waals surface area contributed by atoms with Gasteiger partial charge >= 0.3 is 0 Å². The quantitative estimate of drug-likeness (QED) is 0.631. The van der Waals surface area contributed by atoms with Crippen LogP contribution in [0, 0.1) is 11.7 Å². The summed E-state index contributed by atoms with van der Waals surface area (Å²) in [4.78, 5) is 27.1. The largest absolute Gasteiger partial charge is 0.312 e. The van der Waals surface area contributed by atoms with E-state index in [0.29, 0.717) is 16.5 Å². The molecule has 2 aliphatic heterocycles. The van der Waals surface area contributed by atoms with Crippen molar-refractivity contribution in [3.05, 3.63) is 70.6 Å². The van der Waals surface area contributed by atoms with Gasteiger partial charge in [-0.25, -0.2) is 9.07 Å². The Hall–Kier alpha value is -2.84. The van der Waals surface area contributed by atoms with Gasteiger partial charge in [-0.15, -0.1) is 0 Å². The molecule has 2 aromatic carbocycles. The van der Waals surface area contributed by atoms with Gasteiger partial charge in [-0.1, -0.05) is 17.7 Å². The Morgan fingerprint density at radius 2 is 1.97 bits per heavy atom. The third kappa shape index (κ3) is 3.81. The molecule has 1 saturated heterocycles. The number of amides is 2. The number of nitrogens with one attached hydrogen (secondary N) is 1. The zero-order valence-electron chi connectivity index (χ0n) is 16.3. The minimum absolute atomic E-state index is 0.103. The molecular weight excluding hydrogens is 439 g/mol. The third-order valence-corrected chi connectivity index (χ3v) is 6.69. The molecule has 0 radical (unpaired) electrons. The summed E-state index contributed by atoms with van der Waals surface area (Å²) in [5.74, 6) is 0.899. The number of nitrogens with zero attached hydrogens (tertiary/aromatic N) is 3. The van der Waals surface area contributed by atoms with Gasteiger partial charge in [0.05, 0.1) is 17.3 Å². The Bertz CT molecular complexity index is 1180. The topological polar surface area (TPSA) is 67.2 Å². The minimum Gasteiger partial charge on any atom is -0.312 e. The van der Waals surface area contributed by atoms with Gasteiger partial charge in [-0.2, -0.15) is 16.9 Å². The number of thioether (sulfide) groups is 1. The fourth-order valence-electron chi connectivity index (χ4n) is 3.91. The average Bonchev–Trinajstić information content (AvgIpc) is 3.44. The van der Waals surface area contributed by atoms with Gasteiger partial charge in [0.25, 0.3) is 0 Å². The van der Waals surface area contributed by atoms with E-state index in [-0.39, 0.29) is 30.6 Å². The molecule has 1 fully saturated rings. The molecule has 0 saturated carbocycles. The number of hydrogen-bond donors (Lipinski definition) is 1. The Morgan fingerprint density at radius 3 is 2.74 bits per heavy atom. The highest BCUT2D eigenvalue weighted by Crippen LogP contribution is 2.37. The Kier molecular flexibility index (Phi) is 5.19. The number of halogens is 2. The normalized spacial score (nSPS) is 17.8. The van der Waals surface area contributed by atoms with Crippen molar-refractivity contribution >= 4 is 46.7 Å². The lowest BCUT2D eigenvalue weighted by Crippen LogP contribution is -2.28. The van der Waals surface area contributed by atoms with Crippen LogP contribution in [0.25, 0.3) is 5.69 Å². The lowest BCUT2D eigenvalue weighted by atomic mass is 10.1. The molecular formula is C22H18ClFN4O2S. The molecule has 2 aliphatic rings. The Labute approximate surface area is 187 Å². The van der Waals surface area contributed by atoms with Gasteiger partial charge in [0.2, 0.25) is 11.8 Å². The van der Waals surface area contributed by atoms with E-state index >= 15 is 0 Å².